The van der Waals surface area contributed by atoms with Gasteiger partial charge in [0.2, 0.25) is 5.88 Å². The molecule has 33 heavy (non-hydrogen) atoms. The third-order valence-electron chi connectivity index (χ3n) is 7.06. The average Bonchev–Trinajstić information content (AvgIpc) is 3.57. The lowest BCUT2D eigenvalue weighted by molar-refractivity contribution is 0.0593. The van der Waals surface area contributed by atoms with E-state index in [2.05, 4.69) is 28.7 Å². The van der Waals surface area contributed by atoms with Gasteiger partial charge in [0.25, 0.3) is 0 Å². The highest BCUT2D eigenvalue weighted by molar-refractivity contribution is 6.10. The molecule has 0 spiro atoms. The van der Waals surface area contributed by atoms with Crippen LogP contribution in [-0.4, -0.2) is 46.1 Å². The van der Waals surface area contributed by atoms with E-state index in [1.165, 1.54) is 0 Å². The van der Waals surface area contributed by atoms with Gasteiger partial charge in [0.05, 0.1) is 6.10 Å². The Labute approximate surface area is 193 Å². The van der Waals surface area contributed by atoms with Crippen LogP contribution in [0.25, 0.3) is 11.1 Å². The van der Waals surface area contributed by atoms with Gasteiger partial charge in [0.15, 0.2) is 11.4 Å². The van der Waals surface area contributed by atoms with E-state index in [1.807, 2.05) is 12.1 Å². The minimum Gasteiger partial charge on any atom is -0.438 e. The van der Waals surface area contributed by atoms with E-state index >= 15 is 0 Å². The van der Waals surface area contributed by atoms with E-state index in [-0.39, 0.29) is 30.0 Å². The molecule has 8 heteroatoms. The predicted octanol–water partition coefficient (Wildman–Crippen LogP) is 2.89. The Morgan fingerprint density at radius 2 is 2.09 bits per heavy atom. The molecule has 0 radical (unpaired) electrons. The molecule has 3 atom stereocenters. The van der Waals surface area contributed by atoms with Crippen LogP contribution in [-0.2, 0) is 6.42 Å². The molecule has 1 aliphatic heterocycles. The number of nitrogens with two attached hydrogens (primary N) is 2. The van der Waals surface area contributed by atoms with Crippen LogP contribution in [0.2, 0.25) is 0 Å². The highest BCUT2D eigenvalue weighted by atomic mass is 16.3. The molecule has 3 aromatic heterocycles. The van der Waals surface area contributed by atoms with Crippen molar-refractivity contribution in [2.45, 2.75) is 51.2 Å². The zero-order valence-corrected chi connectivity index (χ0v) is 19.1. The lowest BCUT2D eigenvalue weighted by atomic mass is 9.87. The molecular weight excluding hydrogens is 418 g/mol. The standard InChI is InChI=1S/C25H31N5O3/c1-13(2)15-8-21-23(29-10-15)22(25(27)33-21)20(31)7-16-9-28-6-5-19(16)30-11-17(14-3-4-14)24(32)18(26)12-30/h5-6,8-10,13-14,17-18,24,32H,3-4,7,11-12,26-27H2,1-2H3/t17-,18-,24-/m1/s1. The van der Waals surface area contributed by atoms with Gasteiger partial charge in [-0.15, -0.1) is 0 Å². The highest BCUT2D eigenvalue weighted by Crippen LogP contribution is 2.42. The third kappa shape index (κ3) is 4.09. The molecule has 4 heterocycles. The molecular formula is C25H31N5O3. The molecule has 5 rings (SSSR count). The number of piperidine rings is 1. The Morgan fingerprint density at radius 1 is 1.30 bits per heavy atom. The number of nitrogens with zero attached hydrogens (tertiary/aromatic N) is 3. The van der Waals surface area contributed by atoms with Crippen molar-refractivity contribution in [1.82, 2.24) is 9.97 Å². The number of aliphatic hydroxyl groups excluding tert-OH is 1. The first-order valence-corrected chi connectivity index (χ1v) is 11.7. The van der Waals surface area contributed by atoms with E-state index in [0.717, 1.165) is 36.2 Å². The van der Waals surface area contributed by atoms with Crippen molar-refractivity contribution in [3.8, 4) is 0 Å². The quantitative estimate of drug-likeness (QED) is 0.490. The van der Waals surface area contributed by atoms with E-state index in [4.69, 9.17) is 15.9 Å². The number of pyridine rings is 2. The number of aliphatic hydroxyl groups is 1. The predicted molar refractivity (Wildman–Crippen MR) is 127 cm³/mol. The Kier molecular flexibility index (Phi) is 5.58. The Morgan fingerprint density at radius 3 is 2.82 bits per heavy atom. The minimum absolute atomic E-state index is 0.0887. The van der Waals surface area contributed by atoms with Gasteiger partial charge in [-0.2, -0.15) is 0 Å². The topological polar surface area (TPSA) is 132 Å². The Bertz CT molecular complexity index is 1190. The summed E-state index contributed by atoms with van der Waals surface area (Å²) in [6.45, 7) is 5.40. The maximum absolute atomic E-state index is 13.4. The van der Waals surface area contributed by atoms with E-state index in [9.17, 15) is 9.90 Å². The minimum atomic E-state index is -0.487. The van der Waals surface area contributed by atoms with Crippen LogP contribution in [0, 0.1) is 11.8 Å². The molecule has 174 valence electrons. The summed E-state index contributed by atoms with van der Waals surface area (Å²) in [5.74, 6) is 0.897. The van der Waals surface area contributed by atoms with Gasteiger partial charge in [0.1, 0.15) is 11.1 Å². The first kappa shape index (κ1) is 21.9. The second kappa shape index (κ2) is 8.43. The Balaban J connectivity index is 1.43. The lowest BCUT2D eigenvalue weighted by Crippen LogP contribution is -2.57. The maximum Gasteiger partial charge on any atom is 0.204 e. The van der Waals surface area contributed by atoms with Gasteiger partial charge >= 0.3 is 0 Å². The summed E-state index contributed by atoms with van der Waals surface area (Å²) in [4.78, 5) is 24.3. The van der Waals surface area contributed by atoms with Crippen molar-refractivity contribution < 1.29 is 14.3 Å². The first-order chi connectivity index (χ1) is 15.8. The van der Waals surface area contributed by atoms with Crippen LogP contribution in [0.4, 0.5) is 11.6 Å². The van der Waals surface area contributed by atoms with Gasteiger partial charge in [-0.3, -0.25) is 14.8 Å². The number of Topliss-reactive ketones (excluding diaryl/α,β-unsaturated/α-hetero) is 1. The molecule has 8 nitrogen and oxygen atoms in total. The number of ketones is 1. The summed E-state index contributed by atoms with van der Waals surface area (Å²) < 4.78 is 5.69. The van der Waals surface area contributed by atoms with Crippen molar-refractivity contribution in [1.29, 1.82) is 0 Å². The molecule has 0 aromatic carbocycles. The molecule has 0 amide bonds. The van der Waals surface area contributed by atoms with Crippen LogP contribution in [0.5, 0.6) is 0 Å². The molecule has 0 bridgehead atoms. The summed E-state index contributed by atoms with van der Waals surface area (Å²) in [7, 11) is 0. The van der Waals surface area contributed by atoms with Gasteiger partial charge in [0, 0.05) is 61.3 Å². The number of fused-ring (bicyclic) bond motifs is 1. The molecule has 2 fully saturated rings. The number of furan rings is 1. The van der Waals surface area contributed by atoms with Gasteiger partial charge in [-0.25, -0.2) is 0 Å². The van der Waals surface area contributed by atoms with Gasteiger partial charge in [-0.1, -0.05) is 13.8 Å². The maximum atomic E-state index is 13.4. The van der Waals surface area contributed by atoms with E-state index in [0.29, 0.717) is 35.0 Å². The van der Waals surface area contributed by atoms with Gasteiger partial charge < -0.3 is 25.9 Å². The van der Waals surface area contributed by atoms with Crippen molar-refractivity contribution in [3.05, 3.63) is 47.4 Å². The zero-order valence-electron chi connectivity index (χ0n) is 19.1. The normalized spacial score (nSPS) is 23.4. The van der Waals surface area contributed by atoms with Crippen LogP contribution >= 0.6 is 0 Å². The molecule has 5 N–H and O–H groups in total. The number of anilines is 2. The van der Waals surface area contributed by atoms with Crippen LogP contribution in [0.1, 0.15) is 54.1 Å². The lowest BCUT2D eigenvalue weighted by Gasteiger charge is -2.42. The fourth-order valence-corrected chi connectivity index (χ4v) is 4.99. The number of hydrogen-bond acceptors (Lipinski definition) is 8. The molecule has 2 aliphatic rings. The summed E-state index contributed by atoms with van der Waals surface area (Å²) in [5, 5.41) is 10.6. The van der Waals surface area contributed by atoms with E-state index in [1.54, 1.807) is 18.6 Å². The number of hydrogen-bond donors (Lipinski definition) is 3. The summed E-state index contributed by atoms with van der Waals surface area (Å²) in [6.07, 6.45) is 7.14. The molecule has 0 unspecified atom stereocenters. The summed E-state index contributed by atoms with van der Waals surface area (Å²) in [6, 6.07) is 3.49. The van der Waals surface area contributed by atoms with Crippen LogP contribution < -0.4 is 16.4 Å². The summed E-state index contributed by atoms with van der Waals surface area (Å²) >= 11 is 0. The average molecular weight is 450 g/mol. The largest absolute Gasteiger partial charge is 0.438 e. The first-order valence-electron chi connectivity index (χ1n) is 11.7. The Hall–Kier alpha value is -2.97. The highest BCUT2D eigenvalue weighted by Gasteiger charge is 2.43. The van der Waals surface area contributed by atoms with Crippen molar-refractivity contribution in [3.63, 3.8) is 0 Å². The number of carbonyl (C=O) groups excluding carboxylic acids is 1. The van der Waals surface area contributed by atoms with Crippen molar-refractivity contribution >= 4 is 28.5 Å². The van der Waals surface area contributed by atoms with Crippen LogP contribution in [0.3, 0.4) is 0 Å². The van der Waals surface area contributed by atoms with Crippen molar-refractivity contribution in [2.24, 2.45) is 17.6 Å². The fraction of sp³-hybridized carbons (Fsp3) is 0.480. The molecule has 3 aromatic rings. The van der Waals surface area contributed by atoms with Crippen LogP contribution in [0.15, 0.2) is 35.1 Å². The molecule has 1 saturated carbocycles. The number of nitrogen functional groups attached to an aromatic ring is 1. The smallest absolute Gasteiger partial charge is 0.204 e. The fourth-order valence-electron chi connectivity index (χ4n) is 4.99. The SMILES string of the molecule is CC(C)c1cnc2c(C(=O)Cc3cnccc3N3C[C@@H](N)[C@H](O)[C@@H](C4CC4)C3)c(N)oc2c1. The second-order valence-corrected chi connectivity index (χ2v) is 9.78. The number of carbonyl (C=O) groups is 1. The molecule has 1 saturated heterocycles. The monoisotopic (exact) mass is 449 g/mol. The molecule has 1 aliphatic carbocycles. The summed E-state index contributed by atoms with van der Waals surface area (Å²) in [5.41, 5.74) is 16.5. The second-order valence-electron chi connectivity index (χ2n) is 9.78. The van der Waals surface area contributed by atoms with E-state index < -0.39 is 6.10 Å². The number of rotatable bonds is 6. The number of aromatic nitrogens is 2. The van der Waals surface area contributed by atoms with Gasteiger partial charge in [-0.05, 0) is 42.4 Å². The van der Waals surface area contributed by atoms with Crippen molar-refractivity contribution in [2.75, 3.05) is 23.7 Å². The third-order valence-corrected chi connectivity index (χ3v) is 7.06. The zero-order chi connectivity index (χ0) is 23.3.